The summed E-state index contributed by atoms with van der Waals surface area (Å²) in [5.74, 6) is 0. The van der Waals surface area contributed by atoms with Crippen molar-refractivity contribution in [1.82, 2.24) is 10.2 Å². The molecule has 2 nitrogen and oxygen atoms in total. The van der Waals surface area contributed by atoms with Gasteiger partial charge < -0.3 is 10.2 Å². The van der Waals surface area contributed by atoms with Gasteiger partial charge in [0.05, 0.1) is 0 Å². The second-order valence-electron chi connectivity index (χ2n) is 4.47. The first-order chi connectivity index (χ1) is 7.31. The molecule has 0 radical (unpaired) electrons. The number of nitrogens with one attached hydrogen (secondary N) is 1. The highest BCUT2D eigenvalue weighted by Gasteiger charge is 1.95. The Morgan fingerprint density at radius 3 is 2.20 bits per heavy atom. The van der Waals surface area contributed by atoms with Gasteiger partial charge in [0.25, 0.3) is 0 Å². The highest BCUT2D eigenvalue weighted by Crippen LogP contribution is 2.00. The first kappa shape index (κ1) is 14.9. The summed E-state index contributed by atoms with van der Waals surface area (Å²) >= 11 is 0. The van der Waals surface area contributed by atoms with E-state index in [1.54, 1.807) is 0 Å². The third-order valence-corrected chi connectivity index (χ3v) is 2.68. The summed E-state index contributed by atoms with van der Waals surface area (Å²) in [5, 5.41) is 3.44. The average molecular weight is 214 g/mol. The highest BCUT2D eigenvalue weighted by molar-refractivity contribution is 4.52. The second kappa shape index (κ2) is 12.0. The normalized spacial score (nSPS) is 11.2. The zero-order chi connectivity index (χ0) is 11.4. The Hall–Kier alpha value is -0.0800. The molecule has 0 saturated heterocycles. The van der Waals surface area contributed by atoms with Crippen molar-refractivity contribution >= 4 is 0 Å². The first-order valence-corrected chi connectivity index (χ1v) is 6.70. The SMILES string of the molecule is CCCNCCCCCCN(C)CCC. The van der Waals surface area contributed by atoms with E-state index in [1.165, 1.54) is 64.7 Å². The lowest BCUT2D eigenvalue weighted by molar-refractivity contribution is 0.324. The predicted molar refractivity (Wildman–Crippen MR) is 69.4 cm³/mol. The van der Waals surface area contributed by atoms with E-state index in [1.807, 2.05) is 0 Å². The Kier molecular flexibility index (Phi) is 11.9. The van der Waals surface area contributed by atoms with Crippen LogP contribution in [0.3, 0.4) is 0 Å². The molecule has 0 aromatic heterocycles. The van der Waals surface area contributed by atoms with Gasteiger partial charge >= 0.3 is 0 Å². The monoisotopic (exact) mass is 214 g/mol. The Labute approximate surface area is 96.4 Å². The van der Waals surface area contributed by atoms with Crippen molar-refractivity contribution in [1.29, 1.82) is 0 Å². The summed E-state index contributed by atoms with van der Waals surface area (Å²) < 4.78 is 0. The Morgan fingerprint density at radius 2 is 1.53 bits per heavy atom. The fourth-order valence-corrected chi connectivity index (χ4v) is 1.78. The van der Waals surface area contributed by atoms with Crippen LogP contribution in [0.15, 0.2) is 0 Å². The largest absolute Gasteiger partial charge is 0.317 e. The third-order valence-electron chi connectivity index (χ3n) is 2.68. The molecule has 0 amide bonds. The number of unbranched alkanes of at least 4 members (excludes halogenated alkanes) is 3. The van der Waals surface area contributed by atoms with Gasteiger partial charge in [0.2, 0.25) is 0 Å². The minimum atomic E-state index is 1.18. The van der Waals surface area contributed by atoms with Crippen molar-refractivity contribution in [3.05, 3.63) is 0 Å². The molecule has 0 aliphatic carbocycles. The van der Waals surface area contributed by atoms with Crippen LogP contribution in [0.25, 0.3) is 0 Å². The molecule has 15 heavy (non-hydrogen) atoms. The zero-order valence-corrected chi connectivity index (χ0v) is 11.0. The van der Waals surface area contributed by atoms with Gasteiger partial charge in [0.1, 0.15) is 0 Å². The van der Waals surface area contributed by atoms with Gasteiger partial charge in [0, 0.05) is 0 Å². The molecule has 0 rings (SSSR count). The van der Waals surface area contributed by atoms with E-state index in [2.05, 4.69) is 31.1 Å². The molecule has 1 N–H and O–H groups in total. The lowest BCUT2D eigenvalue weighted by Gasteiger charge is -2.14. The van der Waals surface area contributed by atoms with E-state index in [0.29, 0.717) is 0 Å². The summed E-state index contributed by atoms with van der Waals surface area (Å²) in [4.78, 5) is 2.44. The summed E-state index contributed by atoms with van der Waals surface area (Å²) in [5.41, 5.74) is 0. The molecule has 0 aliphatic rings. The van der Waals surface area contributed by atoms with Gasteiger partial charge in [-0.1, -0.05) is 26.7 Å². The molecule has 2 heteroatoms. The fraction of sp³-hybridized carbons (Fsp3) is 1.00. The van der Waals surface area contributed by atoms with Crippen LogP contribution in [0.2, 0.25) is 0 Å². The van der Waals surface area contributed by atoms with E-state index in [0.717, 1.165) is 0 Å². The highest BCUT2D eigenvalue weighted by atomic mass is 15.1. The molecule has 0 aliphatic heterocycles. The third kappa shape index (κ3) is 11.8. The van der Waals surface area contributed by atoms with Crippen LogP contribution in [0.5, 0.6) is 0 Å². The molecule has 0 bridgehead atoms. The number of nitrogens with zero attached hydrogens (tertiary/aromatic N) is 1. The van der Waals surface area contributed by atoms with Crippen LogP contribution in [-0.4, -0.2) is 38.1 Å². The molecule has 0 aromatic carbocycles. The van der Waals surface area contributed by atoms with Crippen LogP contribution in [-0.2, 0) is 0 Å². The van der Waals surface area contributed by atoms with E-state index in [9.17, 15) is 0 Å². The van der Waals surface area contributed by atoms with Crippen LogP contribution in [0.1, 0.15) is 52.4 Å². The zero-order valence-electron chi connectivity index (χ0n) is 11.0. The van der Waals surface area contributed by atoms with E-state index in [4.69, 9.17) is 0 Å². The molecule has 0 saturated carbocycles. The van der Waals surface area contributed by atoms with Crippen molar-refractivity contribution in [2.75, 3.05) is 33.2 Å². The lowest BCUT2D eigenvalue weighted by atomic mass is 10.2. The van der Waals surface area contributed by atoms with Crippen molar-refractivity contribution in [2.45, 2.75) is 52.4 Å². The quantitative estimate of drug-likeness (QED) is 0.532. The molecule has 0 heterocycles. The van der Waals surface area contributed by atoms with Gasteiger partial charge in [-0.3, -0.25) is 0 Å². The fourth-order valence-electron chi connectivity index (χ4n) is 1.78. The molecule has 0 fully saturated rings. The maximum absolute atomic E-state index is 3.44. The number of hydrogen-bond donors (Lipinski definition) is 1. The standard InChI is InChI=1S/C13H30N2/c1-4-10-14-11-8-6-7-9-13-15(3)12-5-2/h14H,4-13H2,1-3H3. The minimum absolute atomic E-state index is 1.18. The lowest BCUT2D eigenvalue weighted by Crippen LogP contribution is -2.20. The number of rotatable bonds is 11. The second-order valence-corrected chi connectivity index (χ2v) is 4.47. The van der Waals surface area contributed by atoms with Gasteiger partial charge in [-0.15, -0.1) is 0 Å². The Morgan fingerprint density at radius 1 is 0.800 bits per heavy atom. The summed E-state index contributed by atoms with van der Waals surface area (Å²) in [6.07, 6.45) is 8.01. The van der Waals surface area contributed by atoms with Gasteiger partial charge in [-0.25, -0.2) is 0 Å². The topological polar surface area (TPSA) is 15.3 Å². The van der Waals surface area contributed by atoms with Crippen LogP contribution in [0, 0.1) is 0 Å². The van der Waals surface area contributed by atoms with Crippen molar-refractivity contribution in [3.8, 4) is 0 Å². The van der Waals surface area contributed by atoms with Crippen LogP contribution in [0.4, 0.5) is 0 Å². The van der Waals surface area contributed by atoms with Crippen molar-refractivity contribution in [2.24, 2.45) is 0 Å². The Balaban J connectivity index is 2.98. The van der Waals surface area contributed by atoms with Gasteiger partial charge in [-0.05, 0) is 58.9 Å². The molecule has 0 aromatic rings. The summed E-state index contributed by atoms with van der Waals surface area (Å²) in [6, 6.07) is 0. The smallest absolute Gasteiger partial charge is 0.00218 e. The average Bonchev–Trinajstić information content (AvgIpc) is 2.22. The molecular formula is C13H30N2. The van der Waals surface area contributed by atoms with Gasteiger partial charge in [0.15, 0.2) is 0 Å². The maximum atomic E-state index is 3.44. The maximum Gasteiger partial charge on any atom is -0.00218 e. The predicted octanol–water partition coefficient (Wildman–Crippen LogP) is 2.89. The summed E-state index contributed by atoms with van der Waals surface area (Å²) in [7, 11) is 2.23. The molecule has 92 valence electrons. The summed E-state index contributed by atoms with van der Waals surface area (Å²) in [6.45, 7) is 9.37. The van der Waals surface area contributed by atoms with Crippen molar-refractivity contribution < 1.29 is 0 Å². The van der Waals surface area contributed by atoms with E-state index >= 15 is 0 Å². The van der Waals surface area contributed by atoms with E-state index < -0.39 is 0 Å². The minimum Gasteiger partial charge on any atom is -0.317 e. The van der Waals surface area contributed by atoms with Crippen LogP contribution < -0.4 is 5.32 Å². The molecule has 0 atom stereocenters. The van der Waals surface area contributed by atoms with Crippen molar-refractivity contribution in [3.63, 3.8) is 0 Å². The van der Waals surface area contributed by atoms with Gasteiger partial charge in [-0.2, -0.15) is 0 Å². The molecule has 0 unspecified atom stereocenters. The molecule has 0 spiro atoms. The first-order valence-electron chi connectivity index (χ1n) is 6.70. The Bertz CT molecular complexity index is 115. The van der Waals surface area contributed by atoms with E-state index in [-0.39, 0.29) is 0 Å². The number of hydrogen-bond acceptors (Lipinski definition) is 2. The van der Waals surface area contributed by atoms with Crippen LogP contribution >= 0.6 is 0 Å². The molecular weight excluding hydrogens is 184 g/mol.